The first kappa shape index (κ1) is 12.1. The van der Waals surface area contributed by atoms with E-state index in [1.165, 1.54) is 5.56 Å². The summed E-state index contributed by atoms with van der Waals surface area (Å²) in [7, 11) is 2.10. The molecule has 1 aliphatic heterocycles. The van der Waals surface area contributed by atoms with E-state index in [2.05, 4.69) is 18.0 Å². The van der Waals surface area contributed by atoms with Gasteiger partial charge in [-0.2, -0.15) is 0 Å². The van der Waals surface area contributed by atoms with Crippen molar-refractivity contribution < 1.29 is 9.90 Å². The number of likely N-dealkylation sites (tertiary alicyclic amines) is 1. The number of nitrogens with two attached hydrogens (primary N) is 1. The summed E-state index contributed by atoms with van der Waals surface area (Å²) in [6, 6.07) is 6.74. The summed E-state index contributed by atoms with van der Waals surface area (Å²) in [5.74, 6) is -0.480. The van der Waals surface area contributed by atoms with Crippen LogP contribution in [-0.2, 0) is 4.79 Å². The summed E-state index contributed by atoms with van der Waals surface area (Å²) in [6.07, 6.45) is 1.13. The first-order chi connectivity index (χ1) is 8.08. The lowest BCUT2D eigenvalue weighted by Crippen LogP contribution is -2.21. The van der Waals surface area contributed by atoms with Crippen LogP contribution in [0.15, 0.2) is 24.3 Å². The van der Waals surface area contributed by atoms with E-state index in [4.69, 9.17) is 10.8 Å². The maximum Gasteiger partial charge on any atom is 0.325 e. The Hall–Kier alpha value is -1.39. The second-order valence-corrected chi connectivity index (χ2v) is 4.73. The fourth-order valence-corrected chi connectivity index (χ4v) is 2.36. The van der Waals surface area contributed by atoms with Crippen LogP contribution in [-0.4, -0.2) is 36.1 Å². The number of likely N-dealkylation sites (N-methyl/N-ethyl adjacent to an activating group) is 1. The van der Waals surface area contributed by atoms with Gasteiger partial charge >= 0.3 is 5.97 Å². The molecule has 3 N–H and O–H groups in total. The minimum atomic E-state index is -0.981. The molecule has 2 rings (SSSR count). The number of carboxylic acid groups (broad SMARTS) is 1. The highest BCUT2D eigenvalue weighted by Crippen LogP contribution is 2.27. The van der Waals surface area contributed by atoms with Crippen molar-refractivity contribution in [3.8, 4) is 0 Å². The summed E-state index contributed by atoms with van der Waals surface area (Å²) >= 11 is 0. The van der Waals surface area contributed by atoms with E-state index in [9.17, 15) is 4.79 Å². The zero-order chi connectivity index (χ0) is 12.4. The van der Waals surface area contributed by atoms with Crippen LogP contribution in [0.25, 0.3) is 0 Å². The number of hydrogen-bond acceptors (Lipinski definition) is 3. The molecule has 2 unspecified atom stereocenters. The molecular formula is C13H18N2O2. The number of hydrogen-bond donors (Lipinski definition) is 2. The van der Waals surface area contributed by atoms with Crippen molar-refractivity contribution in [3.63, 3.8) is 0 Å². The SMILES string of the molecule is CN1CCC(c2cccc(C(N)C(=O)O)c2)C1. The Morgan fingerprint density at radius 2 is 2.35 bits per heavy atom. The van der Waals surface area contributed by atoms with Crippen LogP contribution in [0.4, 0.5) is 0 Å². The van der Waals surface area contributed by atoms with Crippen LogP contribution in [0.3, 0.4) is 0 Å². The molecule has 2 atom stereocenters. The van der Waals surface area contributed by atoms with Crippen molar-refractivity contribution in [2.24, 2.45) is 5.73 Å². The van der Waals surface area contributed by atoms with E-state index in [-0.39, 0.29) is 0 Å². The number of carbonyl (C=O) groups is 1. The zero-order valence-corrected chi connectivity index (χ0v) is 9.97. The predicted octanol–water partition coefficient (Wildman–Crippen LogP) is 1.19. The fourth-order valence-electron chi connectivity index (χ4n) is 2.36. The number of nitrogens with zero attached hydrogens (tertiary/aromatic N) is 1. The lowest BCUT2D eigenvalue weighted by molar-refractivity contribution is -0.138. The molecule has 0 aromatic heterocycles. The van der Waals surface area contributed by atoms with Gasteiger partial charge in [0, 0.05) is 6.54 Å². The van der Waals surface area contributed by atoms with Gasteiger partial charge in [0.25, 0.3) is 0 Å². The third-order valence-corrected chi connectivity index (χ3v) is 3.40. The van der Waals surface area contributed by atoms with Gasteiger partial charge in [-0.15, -0.1) is 0 Å². The van der Waals surface area contributed by atoms with Gasteiger partial charge in [0.2, 0.25) is 0 Å². The largest absolute Gasteiger partial charge is 0.480 e. The van der Waals surface area contributed by atoms with Gasteiger partial charge in [0.05, 0.1) is 0 Å². The second-order valence-electron chi connectivity index (χ2n) is 4.73. The van der Waals surface area contributed by atoms with Crippen molar-refractivity contribution in [2.45, 2.75) is 18.4 Å². The molecule has 0 amide bonds. The molecule has 1 aliphatic rings. The standard InChI is InChI=1S/C13H18N2O2/c1-15-6-5-11(8-15)9-3-2-4-10(7-9)12(14)13(16)17/h2-4,7,11-12H,5-6,8,14H2,1H3,(H,16,17). The molecule has 4 heteroatoms. The van der Waals surface area contributed by atoms with Gasteiger partial charge in [-0.1, -0.05) is 24.3 Å². The summed E-state index contributed by atoms with van der Waals surface area (Å²) in [5.41, 5.74) is 7.51. The monoisotopic (exact) mass is 234 g/mol. The number of benzene rings is 1. The van der Waals surface area contributed by atoms with Gasteiger partial charge in [0.15, 0.2) is 0 Å². The lowest BCUT2D eigenvalue weighted by Gasteiger charge is -2.13. The van der Waals surface area contributed by atoms with Crippen molar-refractivity contribution >= 4 is 5.97 Å². The number of rotatable bonds is 3. The van der Waals surface area contributed by atoms with Gasteiger partial charge in [0.1, 0.15) is 6.04 Å². The van der Waals surface area contributed by atoms with E-state index >= 15 is 0 Å². The van der Waals surface area contributed by atoms with Crippen LogP contribution >= 0.6 is 0 Å². The van der Waals surface area contributed by atoms with E-state index in [1.54, 1.807) is 6.07 Å². The molecule has 1 heterocycles. The Labute approximate surface area is 101 Å². The van der Waals surface area contributed by atoms with E-state index in [1.807, 2.05) is 12.1 Å². The maximum absolute atomic E-state index is 10.9. The Bertz CT molecular complexity index is 420. The highest BCUT2D eigenvalue weighted by atomic mass is 16.4. The molecule has 0 radical (unpaired) electrons. The third kappa shape index (κ3) is 2.65. The average molecular weight is 234 g/mol. The van der Waals surface area contributed by atoms with Crippen LogP contribution in [0.1, 0.15) is 29.5 Å². The van der Waals surface area contributed by atoms with Crippen LogP contribution < -0.4 is 5.73 Å². The molecule has 0 saturated carbocycles. The molecule has 92 valence electrons. The topological polar surface area (TPSA) is 66.6 Å². The highest BCUT2D eigenvalue weighted by molar-refractivity contribution is 5.75. The molecule has 17 heavy (non-hydrogen) atoms. The molecule has 1 fully saturated rings. The first-order valence-corrected chi connectivity index (χ1v) is 5.84. The predicted molar refractivity (Wildman–Crippen MR) is 65.9 cm³/mol. The molecule has 4 nitrogen and oxygen atoms in total. The molecule has 0 aliphatic carbocycles. The third-order valence-electron chi connectivity index (χ3n) is 3.40. The van der Waals surface area contributed by atoms with E-state index < -0.39 is 12.0 Å². The molecule has 1 aromatic carbocycles. The zero-order valence-electron chi connectivity index (χ0n) is 9.97. The van der Waals surface area contributed by atoms with Crippen LogP contribution in [0, 0.1) is 0 Å². The molecule has 1 saturated heterocycles. The van der Waals surface area contributed by atoms with E-state index in [0.29, 0.717) is 11.5 Å². The van der Waals surface area contributed by atoms with Gasteiger partial charge in [-0.05, 0) is 37.1 Å². The van der Waals surface area contributed by atoms with E-state index in [0.717, 1.165) is 19.5 Å². The normalized spacial score (nSPS) is 22.6. The van der Waals surface area contributed by atoms with Gasteiger partial charge in [-0.25, -0.2) is 0 Å². The smallest absolute Gasteiger partial charge is 0.325 e. The van der Waals surface area contributed by atoms with Crippen molar-refractivity contribution in [3.05, 3.63) is 35.4 Å². The summed E-state index contributed by atoms with van der Waals surface area (Å²) in [4.78, 5) is 13.1. The maximum atomic E-state index is 10.9. The Balaban J connectivity index is 2.19. The van der Waals surface area contributed by atoms with Crippen LogP contribution in [0.2, 0.25) is 0 Å². The summed E-state index contributed by atoms with van der Waals surface area (Å²) in [6.45, 7) is 2.13. The second kappa shape index (κ2) is 4.85. The Morgan fingerprint density at radius 3 is 2.94 bits per heavy atom. The summed E-state index contributed by atoms with van der Waals surface area (Å²) in [5, 5.41) is 8.90. The molecular weight excluding hydrogens is 216 g/mol. The van der Waals surface area contributed by atoms with Crippen molar-refractivity contribution in [1.29, 1.82) is 0 Å². The number of carboxylic acids is 1. The highest BCUT2D eigenvalue weighted by Gasteiger charge is 2.22. The van der Waals surface area contributed by atoms with Crippen LogP contribution in [0.5, 0.6) is 0 Å². The minimum absolute atomic E-state index is 0.501. The molecule has 0 spiro atoms. The van der Waals surface area contributed by atoms with Gasteiger partial charge in [-0.3, -0.25) is 4.79 Å². The minimum Gasteiger partial charge on any atom is -0.480 e. The number of aliphatic carboxylic acids is 1. The molecule has 0 bridgehead atoms. The Morgan fingerprint density at radius 1 is 1.59 bits per heavy atom. The average Bonchev–Trinajstić information content (AvgIpc) is 2.75. The fraction of sp³-hybridized carbons (Fsp3) is 0.462. The lowest BCUT2D eigenvalue weighted by atomic mass is 9.95. The van der Waals surface area contributed by atoms with Gasteiger partial charge < -0.3 is 15.7 Å². The quantitative estimate of drug-likeness (QED) is 0.824. The molecule has 1 aromatic rings. The Kier molecular flexibility index (Phi) is 3.45. The van der Waals surface area contributed by atoms with Crippen molar-refractivity contribution in [1.82, 2.24) is 4.90 Å². The van der Waals surface area contributed by atoms with Crippen molar-refractivity contribution in [2.75, 3.05) is 20.1 Å². The summed E-state index contributed by atoms with van der Waals surface area (Å²) < 4.78 is 0. The first-order valence-electron chi connectivity index (χ1n) is 5.84.